The summed E-state index contributed by atoms with van der Waals surface area (Å²) >= 11 is 0. The van der Waals surface area contributed by atoms with Crippen molar-refractivity contribution in [1.82, 2.24) is 84.3 Å². The smallest absolute Gasteiger partial charge is 0.292 e. The zero-order valence-electron chi connectivity index (χ0n) is 73.5. The first-order valence-corrected chi connectivity index (χ1v) is 44.0. The predicted octanol–water partition coefficient (Wildman–Crippen LogP) is -4.24. The molecule has 0 saturated carbocycles. The van der Waals surface area contributed by atoms with Gasteiger partial charge in [-0.3, -0.25) is 85.3 Å². The molecule has 127 heavy (non-hydrogen) atoms. The van der Waals surface area contributed by atoms with Gasteiger partial charge in [0, 0.05) is 190 Å². The quantitative estimate of drug-likeness (QED) is 0.0387. The summed E-state index contributed by atoms with van der Waals surface area (Å²) in [5, 5.41) is 60.6. The van der Waals surface area contributed by atoms with E-state index >= 15 is 0 Å². The number of hydrogen-bond donors (Lipinski definition) is 20. The van der Waals surface area contributed by atoms with Crippen molar-refractivity contribution < 1.29 is 25.5 Å². The summed E-state index contributed by atoms with van der Waals surface area (Å²) in [6, 6.07) is 0.289. The molecule has 9 aromatic rings. The van der Waals surface area contributed by atoms with E-state index in [-0.39, 0.29) is 105 Å². The second-order valence-corrected chi connectivity index (χ2v) is 32.9. The van der Waals surface area contributed by atoms with Crippen LogP contribution in [0.1, 0.15) is 105 Å². The lowest BCUT2D eigenvalue weighted by Crippen LogP contribution is -2.32. The fourth-order valence-electron chi connectivity index (χ4n) is 18.1. The monoisotopic (exact) mass is 1790 g/mol. The Kier molecular flexibility index (Phi) is 30.0. The van der Waals surface area contributed by atoms with Crippen LogP contribution in [0.15, 0.2) is 43.2 Å². The first-order chi connectivity index (χ1) is 60.9. The standard InChI is InChI=1S/C10H18N4O3.C10H16N4O2.C10H16N4O.C9H16N4O2.C9H16N4O.C8H14N4O2.C8H14N4O.C7H12N4O.C6H10N4O/c11-8-9(12(4-6-15)5-7-16)13-2-1-3-14(13)10(8)17;11-8-9(12-5-2-7(15)6-12)13-3-1-4-14(13)10(8)16;11-8-9(12-4-1-2-5-12)13-6-3-7-14(13)10(8)15;1-6(14)5-11-8-7(10)9(15)13-4-2-3-12(8)13;1-6(2)11-8-7(10)9(14)13-5-3-4-12(8)13;9-6-7(10-2-5-13)11-3-1-4-12(11)8(6)14;1-2-10-7-6(9)8(13)12-5-3-4-11(7)12;1-9-6-5(8)7(12)11-4-2-3-10(6)11;7-4-5(8)9-2-1-3-10(9)6(4)11/h15-16H,1-7,11H2;7,15H,1-6,11H2;1-7,11H2;6,11,14H,2-5,10H2,1H3;6,11H,3-5,10H2,1-2H3;10,13H,1-5,9H2;10H,2-5,9H2,1H3;9H,2-4,8H2,1H3;1-3,7-8H2. The van der Waals surface area contributed by atoms with E-state index in [1.807, 2.05) is 58.4 Å². The van der Waals surface area contributed by atoms with Gasteiger partial charge in [0.15, 0.2) is 29.1 Å². The number of aliphatic hydroxyl groups excluding tert-OH is 5. The Labute approximate surface area is 728 Å². The van der Waals surface area contributed by atoms with Gasteiger partial charge in [-0.05, 0) is 105 Å². The first-order valence-electron chi connectivity index (χ1n) is 44.0. The minimum absolute atomic E-state index is 0.00519. The van der Waals surface area contributed by atoms with Gasteiger partial charge in [-0.15, -0.1) is 0 Å². The lowest BCUT2D eigenvalue weighted by molar-refractivity contribution is 0.198. The number of nitrogens with two attached hydrogens (primary N) is 10. The molecule has 704 valence electrons. The van der Waals surface area contributed by atoms with Crippen molar-refractivity contribution in [3.05, 3.63) is 93.2 Å². The second-order valence-electron chi connectivity index (χ2n) is 32.9. The number of nitrogens with one attached hydrogen (secondary N) is 5. The SMILES string of the molecule is CC(C)Nc1c(N)c(=O)n2n1CCC2.CC(O)CNc1c(N)c(=O)n2n1CCC2.CCNc1c(N)c(=O)n2n1CCC2.CNc1c(N)c(=O)n2n1CCC2.Nc1c(N(CCO)CCO)n2n(c1=O)CCC2.Nc1c(N)n2n(c1=O)CCC2.Nc1c(N2CCC(O)C2)n2n(c1=O)CCC2.Nc1c(N2CCCC2)n2n(c1=O)CCC2.Nc1c(NCCO)n2n(c1=O)CCC2. The molecular weight excluding hydrogens is 1650 g/mol. The van der Waals surface area contributed by atoms with Crippen molar-refractivity contribution in [2.75, 3.05) is 184 Å². The van der Waals surface area contributed by atoms with Crippen molar-refractivity contribution >= 4 is 104 Å². The van der Waals surface area contributed by atoms with Gasteiger partial charge in [-0.2, -0.15) is 0 Å². The Morgan fingerprint density at radius 1 is 0.346 bits per heavy atom. The number of rotatable bonds is 18. The molecular formula is C77H132N36O14. The van der Waals surface area contributed by atoms with Crippen LogP contribution >= 0.6 is 0 Å². The van der Waals surface area contributed by atoms with Crippen LogP contribution in [0.5, 0.6) is 0 Å². The van der Waals surface area contributed by atoms with Gasteiger partial charge in [0.2, 0.25) is 0 Å². The van der Waals surface area contributed by atoms with Crippen LogP contribution in [0, 0.1) is 0 Å². The number of fused-ring (bicyclic) bond motifs is 9. The normalized spacial score (nSPS) is 16.6. The van der Waals surface area contributed by atoms with E-state index < -0.39 is 6.10 Å². The third-order valence-corrected chi connectivity index (χ3v) is 23.9. The molecule has 0 aromatic carbocycles. The number of nitrogen functional groups attached to an aromatic ring is 10. The third kappa shape index (κ3) is 18.8. The summed E-state index contributed by atoms with van der Waals surface area (Å²) in [5.41, 5.74) is 58.7. The number of nitrogens with zero attached hydrogens (tertiary/aromatic N) is 21. The number of β-amino-alcohol motifs (C(OH)–C–C–N with tert-alkyl or cyclic N) is 1. The maximum atomic E-state index is 11.9. The van der Waals surface area contributed by atoms with Crippen LogP contribution in [0.25, 0.3) is 0 Å². The van der Waals surface area contributed by atoms with Gasteiger partial charge in [0.1, 0.15) is 74.5 Å². The van der Waals surface area contributed by atoms with Crippen LogP contribution in [0.4, 0.5) is 104 Å². The van der Waals surface area contributed by atoms with Gasteiger partial charge in [0.25, 0.3) is 50.0 Å². The molecule has 0 aliphatic carbocycles. The van der Waals surface area contributed by atoms with Crippen LogP contribution in [0.3, 0.4) is 0 Å². The van der Waals surface area contributed by atoms with Crippen molar-refractivity contribution in [3.63, 3.8) is 0 Å². The Morgan fingerprint density at radius 2 is 0.661 bits per heavy atom. The second kappa shape index (κ2) is 40.7. The Hall–Kier alpha value is -12.7. The average molecular weight is 1790 g/mol. The van der Waals surface area contributed by atoms with E-state index in [9.17, 15) is 48.3 Å². The molecule has 20 heterocycles. The van der Waals surface area contributed by atoms with E-state index in [0.717, 1.165) is 231 Å². The molecule has 50 heteroatoms. The van der Waals surface area contributed by atoms with Gasteiger partial charge < -0.3 is 124 Å². The molecule has 11 aliphatic rings. The predicted molar refractivity (Wildman–Crippen MR) is 493 cm³/mol. The van der Waals surface area contributed by atoms with E-state index in [0.29, 0.717) is 91.0 Å². The summed E-state index contributed by atoms with van der Waals surface area (Å²) in [7, 11) is 1.78. The lowest BCUT2D eigenvalue weighted by atomic mass is 10.3. The molecule has 2 atom stereocenters. The van der Waals surface area contributed by atoms with E-state index in [2.05, 4.69) is 36.2 Å². The Balaban J connectivity index is 0.000000130. The number of aromatic nitrogens is 18. The van der Waals surface area contributed by atoms with Crippen LogP contribution in [-0.2, 0) is 118 Å². The zero-order valence-corrected chi connectivity index (χ0v) is 73.5. The van der Waals surface area contributed by atoms with Gasteiger partial charge in [-0.25, -0.2) is 42.1 Å². The molecule has 0 radical (unpaired) electrons. The summed E-state index contributed by atoms with van der Waals surface area (Å²) in [5.74, 6) is 6.39. The van der Waals surface area contributed by atoms with Crippen molar-refractivity contribution in [3.8, 4) is 0 Å². The molecule has 2 unspecified atom stereocenters. The number of hydrogen-bond acceptors (Lipinski definition) is 32. The molecule has 50 nitrogen and oxygen atoms in total. The zero-order chi connectivity index (χ0) is 91.7. The third-order valence-electron chi connectivity index (χ3n) is 23.9. The first kappa shape index (κ1) is 93.4. The van der Waals surface area contributed by atoms with Crippen molar-refractivity contribution in [1.29, 1.82) is 0 Å². The number of aliphatic hydroxyl groups is 5. The average Bonchev–Trinajstić information content (AvgIpc) is 1.58. The van der Waals surface area contributed by atoms with E-state index in [4.69, 9.17) is 77.8 Å². The van der Waals surface area contributed by atoms with Gasteiger partial charge in [-0.1, -0.05) is 0 Å². The fourth-order valence-corrected chi connectivity index (χ4v) is 18.1. The molecule has 2 saturated heterocycles. The highest BCUT2D eigenvalue weighted by molar-refractivity contribution is 5.68. The molecule has 0 bridgehead atoms. The summed E-state index contributed by atoms with van der Waals surface area (Å²) in [6.45, 7) is 27.7. The summed E-state index contributed by atoms with van der Waals surface area (Å²) in [6.07, 6.45) is 11.3. The van der Waals surface area contributed by atoms with Crippen LogP contribution in [0.2, 0.25) is 0 Å². The molecule has 11 aliphatic heterocycles. The van der Waals surface area contributed by atoms with Crippen LogP contribution in [-0.4, -0.2) is 214 Å². The molecule has 9 aromatic heterocycles. The van der Waals surface area contributed by atoms with Gasteiger partial charge >= 0.3 is 0 Å². The maximum Gasteiger partial charge on any atom is 0.292 e. The largest absolute Gasteiger partial charge is 0.395 e. The lowest BCUT2D eigenvalue weighted by Gasteiger charge is -2.23. The topological polar surface area (TPSA) is 674 Å². The Bertz CT molecular complexity index is 5900. The molecule has 0 spiro atoms. The molecule has 0 amide bonds. The van der Waals surface area contributed by atoms with Crippen molar-refractivity contribution in [2.24, 2.45) is 0 Å². The molecule has 2 fully saturated rings. The molecule has 30 N–H and O–H groups in total. The van der Waals surface area contributed by atoms with E-state index in [1.54, 1.807) is 65.7 Å². The Morgan fingerprint density at radius 3 is 1.04 bits per heavy atom. The fraction of sp³-hybridized carbons (Fsp3) is 0.649. The maximum absolute atomic E-state index is 11.9. The highest BCUT2D eigenvalue weighted by Gasteiger charge is 2.33. The highest BCUT2D eigenvalue weighted by atomic mass is 16.3. The minimum atomic E-state index is -0.461. The van der Waals surface area contributed by atoms with E-state index in [1.165, 1.54) is 12.8 Å². The van der Waals surface area contributed by atoms with Crippen molar-refractivity contribution in [2.45, 2.75) is 241 Å². The minimum Gasteiger partial charge on any atom is -0.395 e. The highest BCUT2D eigenvalue weighted by Crippen LogP contribution is 2.32. The molecule has 20 rings (SSSR count). The summed E-state index contributed by atoms with van der Waals surface area (Å²) in [4.78, 5) is 111. The van der Waals surface area contributed by atoms with Crippen LogP contribution < -0.4 is 149 Å². The number of anilines is 18. The van der Waals surface area contributed by atoms with Gasteiger partial charge in [0.05, 0.1) is 32.0 Å². The summed E-state index contributed by atoms with van der Waals surface area (Å²) < 4.78 is 32.1.